The first kappa shape index (κ1) is 34.5. The molecule has 0 aliphatic heterocycles. The van der Waals surface area contributed by atoms with Gasteiger partial charge in [-0.25, -0.2) is 15.0 Å². The Bertz CT molecular complexity index is 3300. The smallest absolute Gasteiger partial charge is 0.160 e. The molecule has 11 rings (SSSR count). The molecule has 59 heavy (non-hydrogen) atoms. The maximum absolute atomic E-state index is 6.69. The van der Waals surface area contributed by atoms with Crippen molar-refractivity contribution in [3.05, 3.63) is 199 Å². The summed E-state index contributed by atoms with van der Waals surface area (Å²) < 4.78 is 6.69. The number of nitrogens with zero attached hydrogens (tertiary/aromatic N) is 3. The van der Waals surface area contributed by atoms with E-state index in [2.05, 4.69) is 196 Å². The Kier molecular flexibility index (Phi) is 8.23. The number of pyridine rings is 1. The van der Waals surface area contributed by atoms with Crippen LogP contribution in [0.3, 0.4) is 0 Å². The Morgan fingerprint density at radius 3 is 1.69 bits per heavy atom. The molecular weight excluding hydrogens is 719 g/mol. The van der Waals surface area contributed by atoms with Crippen LogP contribution in [0.5, 0.6) is 0 Å². The molecule has 4 heteroatoms. The fraction of sp³-hybridized carbons (Fsp3) is 0.0364. The largest absolute Gasteiger partial charge is 0.456 e. The van der Waals surface area contributed by atoms with Gasteiger partial charge in [0, 0.05) is 54.7 Å². The summed E-state index contributed by atoms with van der Waals surface area (Å²) in [6.45, 7) is 4.20. The summed E-state index contributed by atoms with van der Waals surface area (Å²) in [6, 6.07) is 66.2. The number of hydrogen-bond acceptors (Lipinski definition) is 4. The van der Waals surface area contributed by atoms with Gasteiger partial charge in [-0.05, 0) is 60.9 Å². The van der Waals surface area contributed by atoms with Crippen LogP contribution in [0.2, 0.25) is 0 Å². The minimum Gasteiger partial charge on any atom is -0.456 e. The summed E-state index contributed by atoms with van der Waals surface area (Å²) in [6.07, 6.45) is 0. The highest BCUT2D eigenvalue weighted by atomic mass is 16.3. The Labute approximate surface area is 342 Å². The SMILES string of the molecule is Cc1ccc(-c2cc(-c3cccc(-c4nc5ccccc5c5c(-c6ccc(-c7ccccc7)cc6)c6c(cc45)oc4ccccc46)c3)nc(-c3ccc(C)cc3)n2)cc1. The van der Waals surface area contributed by atoms with Gasteiger partial charge in [-0.15, -0.1) is 0 Å². The summed E-state index contributed by atoms with van der Waals surface area (Å²) in [4.78, 5) is 15.7. The first-order chi connectivity index (χ1) is 29.0. The number of aryl methyl sites for hydroxylation is 2. The van der Waals surface area contributed by atoms with Gasteiger partial charge in [-0.3, -0.25) is 0 Å². The predicted molar refractivity (Wildman–Crippen MR) is 244 cm³/mol. The number of furan rings is 1. The van der Waals surface area contributed by atoms with E-state index in [0.29, 0.717) is 5.82 Å². The van der Waals surface area contributed by atoms with E-state index in [1.807, 2.05) is 6.07 Å². The van der Waals surface area contributed by atoms with Crippen LogP contribution >= 0.6 is 0 Å². The van der Waals surface area contributed by atoms with Crippen LogP contribution in [0, 0.1) is 13.8 Å². The van der Waals surface area contributed by atoms with E-state index in [4.69, 9.17) is 19.4 Å². The lowest BCUT2D eigenvalue weighted by molar-refractivity contribution is 0.669. The maximum atomic E-state index is 6.69. The van der Waals surface area contributed by atoms with Crippen LogP contribution in [0.4, 0.5) is 0 Å². The van der Waals surface area contributed by atoms with Crippen molar-refractivity contribution in [2.75, 3.05) is 0 Å². The molecule has 0 saturated heterocycles. The van der Waals surface area contributed by atoms with Crippen molar-refractivity contribution in [1.29, 1.82) is 0 Å². The molecule has 0 unspecified atom stereocenters. The zero-order valence-electron chi connectivity index (χ0n) is 32.6. The molecule has 0 N–H and O–H groups in total. The number of rotatable bonds is 6. The van der Waals surface area contributed by atoms with Crippen LogP contribution in [0.15, 0.2) is 192 Å². The first-order valence-corrected chi connectivity index (χ1v) is 20.0. The average Bonchev–Trinajstić information content (AvgIpc) is 3.67. The normalized spacial score (nSPS) is 11.6. The summed E-state index contributed by atoms with van der Waals surface area (Å²) in [5, 5.41) is 5.46. The van der Waals surface area contributed by atoms with Crippen molar-refractivity contribution in [2.24, 2.45) is 0 Å². The molecule has 0 aliphatic rings. The molecule has 0 fully saturated rings. The van der Waals surface area contributed by atoms with Crippen LogP contribution in [-0.4, -0.2) is 15.0 Å². The topological polar surface area (TPSA) is 51.8 Å². The van der Waals surface area contributed by atoms with E-state index >= 15 is 0 Å². The Morgan fingerprint density at radius 2 is 0.932 bits per heavy atom. The van der Waals surface area contributed by atoms with Crippen molar-refractivity contribution >= 4 is 43.6 Å². The van der Waals surface area contributed by atoms with E-state index in [1.165, 1.54) is 22.3 Å². The molecule has 3 aromatic heterocycles. The van der Waals surface area contributed by atoms with Crippen LogP contribution in [0.1, 0.15) is 11.1 Å². The van der Waals surface area contributed by atoms with E-state index in [-0.39, 0.29) is 0 Å². The summed E-state index contributed by atoms with van der Waals surface area (Å²) in [5.74, 6) is 0.688. The van der Waals surface area contributed by atoms with Crippen molar-refractivity contribution in [1.82, 2.24) is 15.0 Å². The lowest BCUT2D eigenvalue weighted by atomic mass is 9.88. The van der Waals surface area contributed by atoms with Gasteiger partial charge in [0.1, 0.15) is 11.2 Å². The monoisotopic (exact) mass is 755 g/mol. The van der Waals surface area contributed by atoms with E-state index in [1.54, 1.807) is 0 Å². The van der Waals surface area contributed by atoms with Gasteiger partial charge in [-0.1, -0.05) is 169 Å². The highest BCUT2D eigenvalue weighted by Gasteiger charge is 2.22. The third-order valence-electron chi connectivity index (χ3n) is 11.4. The van der Waals surface area contributed by atoms with Crippen LogP contribution in [-0.2, 0) is 0 Å². The van der Waals surface area contributed by atoms with Crippen LogP contribution in [0.25, 0.3) is 111 Å². The zero-order chi connectivity index (χ0) is 39.5. The van der Waals surface area contributed by atoms with Crippen molar-refractivity contribution in [3.8, 4) is 67.4 Å². The lowest BCUT2D eigenvalue weighted by Crippen LogP contribution is -1.97. The molecule has 0 bridgehead atoms. The molecule has 0 spiro atoms. The summed E-state index contributed by atoms with van der Waals surface area (Å²) in [7, 11) is 0. The Morgan fingerprint density at radius 1 is 0.356 bits per heavy atom. The summed E-state index contributed by atoms with van der Waals surface area (Å²) in [5.41, 5.74) is 16.2. The summed E-state index contributed by atoms with van der Waals surface area (Å²) >= 11 is 0. The molecule has 11 aromatic rings. The molecule has 3 heterocycles. The van der Waals surface area contributed by atoms with Gasteiger partial charge >= 0.3 is 0 Å². The molecule has 0 saturated carbocycles. The van der Waals surface area contributed by atoms with Crippen molar-refractivity contribution < 1.29 is 4.42 Å². The highest BCUT2D eigenvalue weighted by Crippen LogP contribution is 2.46. The van der Waals surface area contributed by atoms with Gasteiger partial charge in [0.2, 0.25) is 0 Å². The fourth-order valence-electron chi connectivity index (χ4n) is 8.41. The van der Waals surface area contributed by atoms with Gasteiger partial charge in [0.15, 0.2) is 5.82 Å². The minimum absolute atomic E-state index is 0.688. The van der Waals surface area contributed by atoms with Gasteiger partial charge in [0.05, 0.1) is 22.6 Å². The van der Waals surface area contributed by atoms with Crippen molar-refractivity contribution in [3.63, 3.8) is 0 Å². The van der Waals surface area contributed by atoms with E-state index in [9.17, 15) is 0 Å². The number of fused-ring (bicyclic) bond motifs is 6. The molecule has 0 amide bonds. The highest BCUT2D eigenvalue weighted by molar-refractivity contribution is 6.27. The quantitative estimate of drug-likeness (QED) is 0.159. The number of benzene rings is 8. The second kappa shape index (κ2) is 14.0. The minimum atomic E-state index is 0.688. The molecule has 278 valence electrons. The molecule has 4 nitrogen and oxygen atoms in total. The first-order valence-electron chi connectivity index (χ1n) is 20.0. The Balaban J connectivity index is 1.15. The third kappa shape index (κ3) is 6.14. The standard InChI is InChI=1S/C55H37N3O/c1-34-19-23-38(24-20-34)47-33-48(58-55(57-47)40-25-21-35(2)22-26-40)41-13-10-14-42(31-41)54-45-32-50-53(44-16-7-9-18-49(44)59-50)51(52(45)43-15-6-8-17-46(43)56-54)39-29-27-37(28-30-39)36-11-4-3-5-12-36/h3-33H,1-2H3. The average molecular weight is 756 g/mol. The second-order valence-electron chi connectivity index (χ2n) is 15.3. The van der Waals surface area contributed by atoms with Gasteiger partial charge in [0.25, 0.3) is 0 Å². The Hall–Kier alpha value is -7.69. The number of aromatic nitrogens is 3. The lowest BCUT2D eigenvalue weighted by Gasteiger charge is -2.16. The molecule has 0 atom stereocenters. The molecular formula is C55H37N3O. The van der Waals surface area contributed by atoms with E-state index in [0.717, 1.165) is 94.1 Å². The fourth-order valence-corrected chi connectivity index (χ4v) is 8.41. The predicted octanol–water partition coefficient (Wildman–Crippen LogP) is 14.7. The zero-order valence-corrected chi connectivity index (χ0v) is 32.6. The van der Waals surface area contributed by atoms with Crippen molar-refractivity contribution in [2.45, 2.75) is 13.8 Å². The number of para-hydroxylation sites is 2. The number of hydrogen-bond donors (Lipinski definition) is 0. The van der Waals surface area contributed by atoms with Gasteiger partial charge in [-0.2, -0.15) is 0 Å². The second-order valence-corrected chi connectivity index (χ2v) is 15.3. The van der Waals surface area contributed by atoms with E-state index < -0.39 is 0 Å². The molecule has 8 aromatic carbocycles. The van der Waals surface area contributed by atoms with Crippen LogP contribution < -0.4 is 0 Å². The van der Waals surface area contributed by atoms with Gasteiger partial charge < -0.3 is 4.42 Å². The molecule has 0 aliphatic carbocycles. The maximum Gasteiger partial charge on any atom is 0.160 e. The molecule has 0 radical (unpaired) electrons. The third-order valence-corrected chi connectivity index (χ3v) is 11.4.